The Morgan fingerprint density at radius 2 is 1.97 bits per heavy atom. The predicted molar refractivity (Wildman–Crippen MR) is 117 cm³/mol. The smallest absolute Gasteiger partial charge is 0.254 e. The molecule has 9 heteroatoms. The number of likely N-dealkylation sites (tertiary alicyclic amines) is 1. The van der Waals surface area contributed by atoms with Crippen LogP contribution in [0.1, 0.15) is 49.2 Å². The fourth-order valence-electron chi connectivity index (χ4n) is 3.48. The number of piperidine rings is 1. The normalized spacial score (nSPS) is 14.4. The molecule has 0 spiro atoms. The zero-order chi connectivity index (χ0) is 22.4. The molecule has 1 aliphatic rings. The molecule has 3 rings (SSSR count). The summed E-state index contributed by atoms with van der Waals surface area (Å²) >= 11 is 6.39. The van der Waals surface area contributed by atoms with Gasteiger partial charge in [0.25, 0.3) is 5.91 Å². The Hall–Kier alpha value is -2.74. The maximum Gasteiger partial charge on any atom is 0.254 e. The number of ether oxygens (including phenoxy) is 2. The zero-order valence-corrected chi connectivity index (χ0v) is 18.8. The molecular formula is C22H28ClN3O5. The van der Waals surface area contributed by atoms with Crippen LogP contribution in [0.25, 0.3) is 0 Å². The Morgan fingerprint density at radius 1 is 1.23 bits per heavy atom. The van der Waals surface area contributed by atoms with Crippen LogP contribution in [0, 0.1) is 12.8 Å². The molecule has 31 heavy (non-hydrogen) atoms. The number of hydrogen-bond donors (Lipinski definition) is 1. The van der Waals surface area contributed by atoms with Gasteiger partial charge in [0.1, 0.15) is 5.76 Å². The monoisotopic (exact) mass is 449 g/mol. The van der Waals surface area contributed by atoms with E-state index in [0.717, 1.165) is 6.42 Å². The number of halogens is 1. The molecule has 8 nitrogen and oxygen atoms in total. The zero-order valence-electron chi connectivity index (χ0n) is 18.1. The van der Waals surface area contributed by atoms with Crippen LogP contribution in [-0.2, 0) is 4.79 Å². The molecule has 0 bridgehead atoms. The third-order valence-corrected chi connectivity index (χ3v) is 5.32. The van der Waals surface area contributed by atoms with E-state index in [9.17, 15) is 9.59 Å². The third-order valence-electron chi connectivity index (χ3n) is 5.04. The van der Waals surface area contributed by atoms with Crippen LogP contribution < -0.4 is 14.8 Å². The molecule has 0 radical (unpaired) electrons. The van der Waals surface area contributed by atoms with Crippen molar-refractivity contribution in [1.82, 2.24) is 10.1 Å². The van der Waals surface area contributed by atoms with Gasteiger partial charge in [-0.25, -0.2) is 0 Å². The van der Waals surface area contributed by atoms with Crippen LogP contribution in [0.15, 0.2) is 22.7 Å². The highest BCUT2D eigenvalue weighted by molar-refractivity contribution is 6.32. The number of benzene rings is 1. The van der Waals surface area contributed by atoms with Crippen molar-refractivity contribution in [2.75, 3.05) is 31.6 Å². The van der Waals surface area contributed by atoms with Gasteiger partial charge in [0.05, 0.1) is 18.2 Å². The largest absolute Gasteiger partial charge is 0.490 e. The molecule has 1 aromatic heterocycles. The lowest BCUT2D eigenvalue weighted by Crippen LogP contribution is -2.41. The summed E-state index contributed by atoms with van der Waals surface area (Å²) in [6.45, 7) is 7.52. The second-order valence-corrected chi connectivity index (χ2v) is 7.85. The second kappa shape index (κ2) is 10.5. The van der Waals surface area contributed by atoms with Crippen LogP contribution >= 0.6 is 11.6 Å². The van der Waals surface area contributed by atoms with Gasteiger partial charge in [-0.1, -0.05) is 23.7 Å². The molecule has 168 valence electrons. The molecule has 0 aliphatic carbocycles. The van der Waals surface area contributed by atoms with Gasteiger partial charge >= 0.3 is 0 Å². The number of hydrogen-bond acceptors (Lipinski definition) is 6. The van der Waals surface area contributed by atoms with Gasteiger partial charge in [0.15, 0.2) is 17.3 Å². The minimum atomic E-state index is -0.187. The molecule has 2 amide bonds. The van der Waals surface area contributed by atoms with E-state index >= 15 is 0 Å². The van der Waals surface area contributed by atoms with Crippen molar-refractivity contribution >= 4 is 29.2 Å². The number of amides is 2. The number of anilines is 1. The molecule has 0 saturated carbocycles. The fraction of sp³-hybridized carbons (Fsp3) is 0.500. The summed E-state index contributed by atoms with van der Waals surface area (Å²) in [4.78, 5) is 27.3. The first kappa shape index (κ1) is 22.9. The van der Waals surface area contributed by atoms with E-state index in [2.05, 4.69) is 10.5 Å². The third kappa shape index (κ3) is 5.70. The Balaban J connectivity index is 1.63. The number of nitrogens with one attached hydrogen (secondary N) is 1. The summed E-state index contributed by atoms with van der Waals surface area (Å²) in [5, 5.41) is 6.90. The summed E-state index contributed by atoms with van der Waals surface area (Å²) < 4.78 is 16.3. The summed E-state index contributed by atoms with van der Waals surface area (Å²) in [6, 6.07) is 4.96. The maximum atomic E-state index is 13.1. The lowest BCUT2D eigenvalue weighted by molar-refractivity contribution is -0.121. The molecule has 1 saturated heterocycles. The summed E-state index contributed by atoms with van der Waals surface area (Å²) in [7, 11) is 0. The number of carbonyl (C=O) groups is 2. The first-order valence-corrected chi connectivity index (χ1v) is 10.9. The average Bonchev–Trinajstić information content (AvgIpc) is 3.17. The van der Waals surface area contributed by atoms with Gasteiger partial charge in [0.2, 0.25) is 5.91 Å². The quantitative estimate of drug-likeness (QED) is 0.645. The SMILES string of the molecule is CCCOc1c(Cl)cc(C(=O)N2CCC(C(=O)Nc3cc(C)on3)CC2)cc1OCC. The summed E-state index contributed by atoms with van der Waals surface area (Å²) in [6.07, 6.45) is 1.97. The second-order valence-electron chi connectivity index (χ2n) is 7.45. The van der Waals surface area contributed by atoms with E-state index in [-0.39, 0.29) is 17.7 Å². The fourth-order valence-corrected chi connectivity index (χ4v) is 3.74. The van der Waals surface area contributed by atoms with E-state index < -0.39 is 0 Å². The Kier molecular flexibility index (Phi) is 7.79. The number of rotatable bonds is 8. The van der Waals surface area contributed by atoms with Crippen molar-refractivity contribution in [3.05, 3.63) is 34.5 Å². The molecule has 2 heterocycles. The van der Waals surface area contributed by atoms with E-state index in [0.29, 0.717) is 72.8 Å². The first-order chi connectivity index (χ1) is 14.9. The molecule has 1 fully saturated rings. The lowest BCUT2D eigenvalue weighted by atomic mass is 9.95. The van der Waals surface area contributed by atoms with E-state index in [1.165, 1.54) is 0 Å². The highest BCUT2D eigenvalue weighted by Crippen LogP contribution is 2.37. The number of carbonyl (C=O) groups excluding carboxylic acids is 2. The summed E-state index contributed by atoms with van der Waals surface area (Å²) in [5.41, 5.74) is 0.443. The van der Waals surface area contributed by atoms with Gasteiger partial charge in [-0.2, -0.15) is 0 Å². The Bertz CT molecular complexity index is 922. The minimum Gasteiger partial charge on any atom is -0.490 e. The van der Waals surface area contributed by atoms with Gasteiger partial charge in [-0.05, 0) is 45.2 Å². The molecule has 1 N–H and O–H groups in total. The molecule has 1 aromatic carbocycles. The van der Waals surface area contributed by atoms with Crippen molar-refractivity contribution in [3.63, 3.8) is 0 Å². The van der Waals surface area contributed by atoms with E-state index in [1.807, 2.05) is 13.8 Å². The van der Waals surface area contributed by atoms with Gasteiger partial charge in [-0.15, -0.1) is 0 Å². The number of aryl methyl sites for hydroxylation is 1. The maximum absolute atomic E-state index is 13.1. The molecule has 0 atom stereocenters. The molecule has 0 unspecified atom stereocenters. The van der Waals surface area contributed by atoms with E-state index in [1.54, 1.807) is 30.0 Å². The topological polar surface area (TPSA) is 93.9 Å². The Morgan fingerprint density at radius 3 is 2.58 bits per heavy atom. The van der Waals surface area contributed by atoms with Gasteiger partial charge in [0, 0.05) is 30.6 Å². The lowest BCUT2D eigenvalue weighted by Gasteiger charge is -2.31. The van der Waals surface area contributed by atoms with Crippen molar-refractivity contribution in [3.8, 4) is 11.5 Å². The van der Waals surface area contributed by atoms with Crippen LogP contribution in [0.3, 0.4) is 0 Å². The van der Waals surface area contributed by atoms with Gasteiger partial charge < -0.3 is 24.2 Å². The standard InChI is InChI=1S/C22H28ClN3O5/c1-4-10-30-20-17(23)12-16(13-18(20)29-5-2)22(28)26-8-6-15(7-9-26)21(27)24-19-11-14(3)31-25-19/h11-13,15H,4-10H2,1-3H3,(H,24,25,27). The van der Waals surface area contributed by atoms with Gasteiger partial charge in [-0.3, -0.25) is 9.59 Å². The van der Waals surface area contributed by atoms with Crippen LogP contribution in [0.4, 0.5) is 5.82 Å². The van der Waals surface area contributed by atoms with Crippen molar-refractivity contribution in [1.29, 1.82) is 0 Å². The van der Waals surface area contributed by atoms with Crippen LogP contribution in [0.2, 0.25) is 5.02 Å². The summed E-state index contributed by atoms with van der Waals surface area (Å²) in [5.74, 6) is 1.52. The molecule has 2 aromatic rings. The Labute approximate surface area is 186 Å². The van der Waals surface area contributed by atoms with Crippen LogP contribution in [0.5, 0.6) is 11.5 Å². The highest BCUT2D eigenvalue weighted by atomic mass is 35.5. The number of aromatic nitrogens is 1. The van der Waals surface area contributed by atoms with Crippen molar-refractivity contribution in [2.24, 2.45) is 5.92 Å². The van der Waals surface area contributed by atoms with E-state index in [4.69, 9.17) is 25.6 Å². The number of nitrogens with zero attached hydrogens (tertiary/aromatic N) is 2. The predicted octanol–water partition coefficient (Wildman–Crippen LogP) is 4.31. The molecular weight excluding hydrogens is 422 g/mol. The van der Waals surface area contributed by atoms with Crippen molar-refractivity contribution < 1.29 is 23.6 Å². The van der Waals surface area contributed by atoms with Crippen LogP contribution in [-0.4, -0.2) is 48.2 Å². The average molecular weight is 450 g/mol. The minimum absolute atomic E-state index is 0.112. The first-order valence-electron chi connectivity index (χ1n) is 10.6. The van der Waals surface area contributed by atoms with Crippen molar-refractivity contribution in [2.45, 2.75) is 40.0 Å². The molecule has 1 aliphatic heterocycles. The highest BCUT2D eigenvalue weighted by Gasteiger charge is 2.29.